The van der Waals surface area contributed by atoms with E-state index < -0.39 is 0 Å². The summed E-state index contributed by atoms with van der Waals surface area (Å²) < 4.78 is 11.7. The maximum Gasteiger partial charge on any atom is 0.248 e. The molecule has 5 rings (SSSR count). The molecule has 0 spiro atoms. The number of benzene rings is 3. The third-order valence-electron chi connectivity index (χ3n) is 5.41. The molecule has 2 aromatic heterocycles. The van der Waals surface area contributed by atoms with Crippen molar-refractivity contribution in [1.82, 2.24) is 4.98 Å². The molecule has 3 aromatic carbocycles. The molecule has 0 saturated carbocycles. The summed E-state index contributed by atoms with van der Waals surface area (Å²) in [5, 5.41) is 3.33. The minimum Gasteiger partial charge on any atom is -0.457 e. The first-order valence-electron chi connectivity index (χ1n) is 10.9. The van der Waals surface area contributed by atoms with Crippen molar-refractivity contribution in [2.75, 3.05) is 5.32 Å². The predicted molar refractivity (Wildman–Crippen MR) is 136 cm³/mol. The van der Waals surface area contributed by atoms with E-state index in [9.17, 15) is 4.79 Å². The second-order valence-electron chi connectivity index (χ2n) is 7.76. The average Bonchev–Trinajstić information content (AvgIpc) is 3.51. The van der Waals surface area contributed by atoms with Crippen LogP contribution in [0.15, 0.2) is 93.8 Å². The van der Waals surface area contributed by atoms with Crippen LogP contribution >= 0.6 is 11.6 Å². The van der Waals surface area contributed by atoms with Gasteiger partial charge in [0.2, 0.25) is 11.8 Å². The number of anilines is 1. The number of rotatable bonds is 6. The number of oxazole rings is 1. The summed E-state index contributed by atoms with van der Waals surface area (Å²) in [6, 6.07) is 24.6. The standard InChI is InChI=1S/C28H21ClN2O3/c1-2-18-8-13-26-24(16-18)31-28(34-26)22-17-20(9-12-23(22)29)30-27(32)15-11-21-10-14-25(33-21)19-6-4-3-5-7-19/h3-17H,2H2,1H3,(H,30,32)/b15-11+. The van der Waals surface area contributed by atoms with Crippen molar-refractivity contribution in [2.24, 2.45) is 0 Å². The number of amides is 1. The molecule has 0 aliphatic carbocycles. The van der Waals surface area contributed by atoms with Crippen LogP contribution in [-0.4, -0.2) is 10.9 Å². The normalized spacial score (nSPS) is 11.4. The first-order chi connectivity index (χ1) is 16.6. The van der Waals surface area contributed by atoms with Gasteiger partial charge in [-0.2, -0.15) is 0 Å². The molecule has 0 aliphatic heterocycles. The Morgan fingerprint density at radius 3 is 2.68 bits per heavy atom. The molecular weight excluding hydrogens is 448 g/mol. The lowest BCUT2D eigenvalue weighted by molar-refractivity contribution is -0.111. The molecule has 0 bridgehead atoms. The molecule has 2 heterocycles. The lowest BCUT2D eigenvalue weighted by Gasteiger charge is -2.05. The Hall–Kier alpha value is -4.09. The van der Waals surface area contributed by atoms with E-state index >= 15 is 0 Å². The van der Waals surface area contributed by atoms with Crippen LogP contribution in [0, 0.1) is 0 Å². The third kappa shape index (κ3) is 4.65. The van der Waals surface area contributed by atoms with Gasteiger partial charge in [0, 0.05) is 17.3 Å². The maximum atomic E-state index is 12.5. The Labute approximate surface area is 201 Å². The largest absolute Gasteiger partial charge is 0.457 e. The summed E-state index contributed by atoms with van der Waals surface area (Å²) >= 11 is 6.41. The highest BCUT2D eigenvalue weighted by Gasteiger charge is 2.13. The SMILES string of the molecule is CCc1ccc2oc(-c3cc(NC(=O)/C=C/c4ccc(-c5ccccc5)o4)ccc3Cl)nc2c1. The van der Waals surface area contributed by atoms with Gasteiger partial charge in [0.25, 0.3) is 0 Å². The second-order valence-corrected chi connectivity index (χ2v) is 8.17. The van der Waals surface area contributed by atoms with Crippen LogP contribution in [0.25, 0.3) is 40.0 Å². The van der Waals surface area contributed by atoms with E-state index in [-0.39, 0.29) is 5.91 Å². The minimum absolute atomic E-state index is 0.295. The van der Waals surface area contributed by atoms with E-state index in [0.717, 1.165) is 23.3 Å². The first kappa shape index (κ1) is 21.7. The summed E-state index contributed by atoms with van der Waals surface area (Å²) in [6.45, 7) is 2.09. The van der Waals surface area contributed by atoms with E-state index in [4.69, 9.17) is 20.4 Å². The fourth-order valence-electron chi connectivity index (χ4n) is 3.62. The molecule has 0 aliphatic rings. The van der Waals surface area contributed by atoms with Gasteiger partial charge in [-0.3, -0.25) is 4.79 Å². The van der Waals surface area contributed by atoms with E-state index in [1.54, 1.807) is 24.3 Å². The molecule has 0 unspecified atom stereocenters. The molecular formula is C28H21ClN2O3. The number of carbonyl (C=O) groups is 1. The van der Waals surface area contributed by atoms with Gasteiger partial charge in [-0.1, -0.05) is 54.9 Å². The van der Waals surface area contributed by atoms with Crippen LogP contribution in [0.5, 0.6) is 0 Å². The van der Waals surface area contributed by atoms with Crippen LogP contribution in [0.1, 0.15) is 18.2 Å². The molecule has 1 amide bonds. The third-order valence-corrected chi connectivity index (χ3v) is 5.74. The number of halogens is 1. The van der Waals surface area contributed by atoms with Crippen LogP contribution in [-0.2, 0) is 11.2 Å². The van der Waals surface area contributed by atoms with Crippen molar-refractivity contribution in [3.63, 3.8) is 0 Å². The van der Waals surface area contributed by atoms with Crippen LogP contribution < -0.4 is 5.32 Å². The number of nitrogens with zero attached hydrogens (tertiary/aromatic N) is 1. The topological polar surface area (TPSA) is 68.3 Å². The van der Waals surface area contributed by atoms with Crippen molar-refractivity contribution >= 4 is 40.4 Å². The number of nitrogens with one attached hydrogen (secondary N) is 1. The van der Waals surface area contributed by atoms with Gasteiger partial charge in [0.05, 0.1) is 10.6 Å². The number of hydrogen-bond acceptors (Lipinski definition) is 4. The molecule has 0 radical (unpaired) electrons. The molecule has 0 saturated heterocycles. The number of furan rings is 1. The Morgan fingerprint density at radius 1 is 1.00 bits per heavy atom. The summed E-state index contributed by atoms with van der Waals surface area (Å²) in [6.07, 6.45) is 3.97. The first-order valence-corrected chi connectivity index (χ1v) is 11.3. The summed E-state index contributed by atoms with van der Waals surface area (Å²) in [5.41, 5.74) is 4.81. The Balaban J connectivity index is 1.32. The van der Waals surface area contributed by atoms with Gasteiger partial charge in [0.15, 0.2) is 5.58 Å². The highest BCUT2D eigenvalue weighted by atomic mass is 35.5. The second kappa shape index (κ2) is 9.41. The van der Waals surface area contributed by atoms with E-state index in [2.05, 4.69) is 17.2 Å². The molecule has 1 N–H and O–H groups in total. The summed E-state index contributed by atoms with van der Waals surface area (Å²) in [5.74, 6) is 1.44. The summed E-state index contributed by atoms with van der Waals surface area (Å²) in [4.78, 5) is 17.1. The Kier molecular flexibility index (Phi) is 6.02. The molecule has 5 aromatic rings. The predicted octanol–water partition coefficient (Wildman–Crippen LogP) is 7.62. The fraction of sp³-hybridized carbons (Fsp3) is 0.0714. The van der Waals surface area contributed by atoms with Crippen molar-refractivity contribution < 1.29 is 13.6 Å². The zero-order chi connectivity index (χ0) is 23.5. The number of hydrogen-bond donors (Lipinski definition) is 1. The van der Waals surface area contributed by atoms with E-state index in [1.807, 2.05) is 60.7 Å². The molecule has 0 fully saturated rings. The minimum atomic E-state index is -0.295. The molecule has 5 nitrogen and oxygen atoms in total. The smallest absolute Gasteiger partial charge is 0.248 e. The highest BCUT2D eigenvalue weighted by Crippen LogP contribution is 2.32. The molecule has 34 heavy (non-hydrogen) atoms. The Morgan fingerprint density at radius 2 is 1.85 bits per heavy atom. The van der Waals surface area contributed by atoms with Gasteiger partial charge >= 0.3 is 0 Å². The van der Waals surface area contributed by atoms with E-state index in [1.165, 1.54) is 11.6 Å². The number of carbonyl (C=O) groups excluding carboxylic acids is 1. The van der Waals surface area contributed by atoms with Gasteiger partial charge in [-0.25, -0.2) is 4.98 Å². The molecule has 168 valence electrons. The van der Waals surface area contributed by atoms with Gasteiger partial charge in [0.1, 0.15) is 17.0 Å². The van der Waals surface area contributed by atoms with Crippen LogP contribution in [0.4, 0.5) is 5.69 Å². The van der Waals surface area contributed by atoms with Crippen LogP contribution in [0.2, 0.25) is 5.02 Å². The number of fused-ring (bicyclic) bond motifs is 1. The van der Waals surface area contributed by atoms with Crippen LogP contribution in [0.3, 0.4) is 0 Å². The van der Waals surface area contributed by atoms with Crippen molar-refractivity contribution in [3.8, 4) is 22.8 Å². The average molecular weight is 469 g/mol. The van der Waals surface area contributed by atoms with Crippen molar-refractivity contribution in [2.45, 2.75) is 13.3 Å². The fourth-order valence-corrected chi connectivity index (χ4v) is 3.82. The van der Waals surface area contributed by atoms with E-state index in [0.29, 0.717) is 33.5 Å². The lowest BCUT2D eigenvalue weighted by Crippen LogP contribution is -2.07. The summed E-state index contributed by atoms with van der Waals surface area (Å²) in [7, 11) is 0. The van der Waals surface area contributed by atoms with Gasteiger partial charge in [-0.15, -0.1) is 0 Å². The number of aryl methyl sites for hydroxylation is 1. The van der Waals surface area contributed by atoms with Gasteiger partial charge < -0.3 is 14.2 Å². The van der Waals surface area contributed by atoms with Crippen molar-refractivity contribution in [1.29, 1.82) is 0 Å². The quantitative estimate of drug-likeness (QED) is 0.260. The van der Waals surface area contributed by atoms with Gasteiger partial charge in [-0.05, 0) is 60.5 Å². The molecule has 0 atom stereocenters. The highest BCUT2D eigenvalue weighted by molar-refractivity contribution is 6.33. The molecule has 6 heteroatoms. The lowest BCUT2D eigenvalue weighted by atomic mass is 10.1. The maximum absolute atomic E-state index is 12.5. The Bertz CT molecular complexity index is 1500. The zero-order valence-corrected chi connectivity index (χ0v) is 19.2. The van der Waals surface area contributed by atoms with Crippen molar-refractivity contribution in [3.05, 3.63) is 101 Å². The zero-order valence-electron chi connectivity index (χ0n) is 18.4. The monoisotopic (exact) mass is 468 g/mol. The number of aromatic nitrogens is 1.